The van der Waals surface area contributed by atoms with Crippen molar-refractivity contribution in [1.82, 2.24) is 19.9 Å². The van der Waals surface area contributed by atoms with Crippen molar-refractivity contribution in [2.24, 2.45) is 0 Å². The van der Waals surface area contributed by atoms with E-state index in [9.17, 15) is 9.59 Å². The molecule has 30 heavy (non-hydrogen) atoms. The zero-order chi connectivity index (χ0) is 20.7. The van der Waals surface area contributed by atoms with Gasteiger partial charge in [-0.1, -0.05) is 48.5 Å². The highest BCUT2D eigenvalue weighted by molar-refractivity contribution is 5.95. The maximum atomic E-state index is 12.5. The van der Waals surface area contributed by atoms with Gasteiger partial charge in [0.15, 0.2) is 11.5 Å². The number of carbonyl (C=O) groups is 2. The van der Waals surface area contributed by atoms with Gasteiger partial charge in [-0.15, -0.1) is 0 Å². The third-order valence-corrected chi connectivity index (χ3v) is 5.04. The summed E-state index contributed by atoms with van der Waals surface area (Å²) in [5.41, 5.74) is 4.89. The van der Waals surface area contributed by atoms with Crippen LogP contribution < -0.4 is 5.32 Å². The predicted molar refractivity (Wildman–Crippen MR) is 107 cm³/mol. The molecule has 0 unspecified atom stereocenters. The van der Waals surface area contributed by atoms with Crippen molar-refractivity contribution in [3.05, 3.63) is 71.8 Å². The molecule has 1 amide bonds. The van der Waals surface area contributed by atoms with E-state index in [0.717, 1.165) is 22.3 Å². The number of aromatic amines is 1. The van der Waals surface area contributed by atoms with Crippen LogP contribution in [0.1, 0.15) is 27.7 Å². The van der Waals surface area contributed by atoms with Crippen LogP contribution >= 0.6 is 0 Å². The molecule has 0 radical (unpaired) electrons. The molecule has 2 heterocycles. The third-order valence-electron chi connectivity index (χ3n) is 5.04. The number of ether oxygens (including phenoxy) is 1. The Kier molecular flexibility index (Phi) is 4.13. The first-order valence-corrected chi connectivity index (χ1v) is 9.18. The molecular weight excluding hydrogens is 386 g/mol. The van der Waals surface area contributed by atoms with Crippen molar-refractivity contribution in [1.29, 1.82) is 0 Å². The van der Waals surface area contributed by atoms with Gasteiger partial charge in [0.05, 0.1) is 6.33 Å². The van der Waals surface area contributed by atoms with Crippen LogP contribution in [0.25, 0.3) is 22.3 Å². The molecule has 1 aliphatic rings. The van der Waals surface area contributed by atoms with Crippen molar-refractivity contribution in [3.63, 3.8) is 0 Å². The number of carbonyl (C=O) groups excluding carboxylic acids is 1. The average molecular weight is 401 g/mol. The van der Waals surface area contributed by atoms with Crippen LogP contribution in [-0.4, -0.2) is 43.7 Å². The van der Waals surface area contributed by atoms with Crippen LogP contribution in [0.5, 0.6) is 0 Å². The van der Waals surface area contributed by atoms with Gasteiger partial charge in [0, 0.05) is 5.92 Å². The number of carboxylic acids is 1. The normalized spacial score (nSPS) is 12.4. The van der Waals surface area contributed by atoms with Crippen molar-refractivity contribution >= 4 is 29.0 Å². The maximum Gasteiger partial charge on any atom is 0.412 e. The van der Waals surface area contributed by atoms with Crippen LogP contribution in [0.4, 0.5) is 10.6 Å². The largest absolute Gasteiger partial charge is 0.475 e. The van der Waals surface area contributed by atoms with E-state index in [-0.39, 0.29) is 24.0 Å². The van der Waals surface area contributed by atoms with E-state index in [4.69, 9.17) is 9.84 Å². The molecule has 5 rings (SSSR count). The molecular formula is C21H15N5O4. The number of H-pyrrole nitrogens is 1. The summed E-state index contributed by atoms with van der Waals surface area (Å²) in [6.45, 7) is 0.128. The lowest BCUT2D eigenvalue weighted by Crippen LogP contribution is -2.19. The van der Waals surface area contributed by atoms with Gasteiger partial charge in [0.2, 0.25) is 5.82 Å². The van der Waals surface area contributed by atoms with Crippen molar-refractivity contribution in [2.75, 3.05) is 11.9 Å². The Hall–Kier alpha value is -4.27. The number of rotatable bonds is 4. The van der Waals surface area contributed by atoms with Gasteiger partial charge in [-0.2, -0.15) is 0 Å². The second-order valence-corrected chi connectivity index (χ2v) is 6.75. The number of nitrogens with zero attached hydrogens (tertiary/aromatic N) is 3. The van der Waals surface area contributed by atoms with Crippen molar-refractivity contribution in [3.8, 4) is 11.1 Å². The monoisotopic (exact) mass is 401 g/mol. The number of nitrogens with one attached hydrogen (secondary N) is 2. The molecule has 2 aromatic carbocycles. The van der Waals surface area contributed by atoms with Gasteiger partial charge in [-0.05, 0) is 22.3 Å². The molecule has 9 heteroatoms. The molecule has 0 aliphatic heterocycles. The Morgan fingerprint density at radius 3 is 2.37 bits per heavy atom. The minimum Gasteiger partial charge on any atom is -0.475 e. The second kappa shape index (κ2) is 6.96. The molecule has 0 fully saturated rings. The van der Waals surface area contributed by atoms with Gasteiger partial charge < -0.3 is 14.8 Å². The number of hydrogen-bond acceptors (Lipinski definition) is 6. The first-order chi connectivity index (χ1) is 14.6. The van der Waals surface area contributed by atoms with Crippen LogP contribution in [-0.2, 0) is 4.74 Å². The second-order valence-electron chi connectivity index (χ2n) is 6.75. The molecule has 0 spiro atoms. The molecule has 0 atom stereocenters. The van der Waals surface area contributed by atoms with Gasteiger partial charge >= 0.3 is 12.1 Å². The zero-order valence-electron chi connectivity index (χ0n) is 15.5. The summed E-state index contributed by atoms with van der Waals surface area (Å²) in [6.07, 6.45) is 0.594. The van der Waals surface area contributed by atoms with Crippen LogP contribution in [0.2, 0.25) is 0 Å². The standard InChI is InChI=1S/C21H15N5O4/c27-20(28)19-24-17-16(22-10-23-17)18(25-19)26-21(29)30-9-15-13-7-3-1-5-11(13)12-6-2-4-8-14(12)15/h1-8,10,15H,9H2,(H,27,28)(H2,22,23,24,25,26,29). The van der Waals surface area contributed by atoms with Gasteiger partial charge in [-0.3, -0.25) is 5.32 Å². The van der Waals surface area contributed by atoms with E-state index in [2.05, 4.69) is 37.4 Å². The predicted octanol–water partition coefficient (Wildman–Crippen LogP) is 3.41. The molecule has 1 aliphatic carbocycles. The fourth-order valence-corrected chi connectivity index (χ4v) is 3.75. The quantitative estimate of drug-likeness (QED) is 0.478. The zero-order valence-corrected chi connectivity index (χ0v) is 15.5. The lowest BCUT2D eigenvalue weighted by atomic mass is 9.98. The van der Waals surface area contributed by atoms with E-state index in [1.54, 1.807) is 0 Å². The molecule has 4 aromatic rings. The fraction of sp³-hybridized carbons (Fsp3) is 0.0952. The van der Waals surface area contributed by atoms with E-state index in [1.165, 1.54) is 6.33 Å². The number of aromatic nitrogens is 4. The van der Waals surface area contributed by atoms with E-state index >= 15 is 0 Å². The average Bonchev–Trinajstić information content (AvgIpc) is 3.35. The number of aromatic carboxylic acids is 1. The first-order valence-electron chi connectivity index (χ1n) is 9.18. The highest BCUT2D eigenvalue weighted by Crippen LogP contribution is 2.44. The summed E-state index contributed by atoms with van der Waals surface area (Å²) in [7, 11) is 0. The summed E-state index contributed by atoms with van der Waals surface area (Å²) >= 11 is 0. The lowest BCUT2D eigenvalue weighted by Gasteiger charge is -2.14. The minimum atomic E-state index is -1.32. The van der Waals surface area contributed by atoms with E-state index < -0.39 is 17.9 Å². The van der Waals surface area contributed by atoms with Gasteiger partial charge in [0.1, 0.15) is 12.1 Å². The van der Waals surface area contributed by atoms with Gasteiger partial charge in [-0.25, -0.2) is 24.5 Å². The number of imidazole rings is 1. The number of hydrogen-bond donors (Lipinski definition) is 3. The summed E-state index contributed by atoms with van der Waals surface area (Å²) in [5, 5.41) is 11.7. The van der Waals surface area contributed by atoms with Crippen molar-refractivity contribution < 1.29 is 19.4 Å². The van der Waals surface area contributed by atoms with Crippen LogP contribution in [0.3, 0.4) is 0 Å². The number of fused-ring (bicyclic) bond motifs is 4. The number of benzene rings is 2. The summed E-state index contributed by atoms with van der Waals surface area (Å²) in [5.74, 6) is -1.89. The van der Waals surface area contributed by atoms with Gasteiger partial charge in [0.25, 0.3) is 0 Å². The number of carboxylic acid groups (broad SMARTS) is 1. The number of anilines is 1. The smallest absolute Gasteiger partial charge is 0.412 e. The Bertz CT molecular complexity index is 1250. The molecule has 3 N–H and O–H groups in total. The summed E-state index contributed by atoms with van der Waals surface area (Å²) in [6, 6.07) is 16.0. The minimum absolute atomic E-state index is 0.00729. The Balaban J connectivity index is 1.37. The highest BCUT2D eigenvalue weighted by atomic mass is 16.5. The molecule has 9 nitrogen and oxygen atoms in total. The van der Waals surface area contributed by atoms with Crippen LogP contribution in [0.15, 0.2) is 54.9 Å². The molecule has 148 valence electrons. The Labute approximate surface area is 169 Å². The topological polar surface area (TPSA) is 130 Å². The fourth-order valence-electron chi connectivity index (χ4n) is 3.75. The molecule has 0 saturated carbocycles. The summed E-state index contributed by atoms with van der Waals surface area (Å²) in [4.78, 5) is 38.1. The Morgan fingerprint density at radius 1 is 1.03 bits per heavy atom. The highest BCUT2D eigenvalue weighted by Gasteiger charge is 2.29. The van der Waals surface area contributed by atoms with Crippen molar-refractivity contribution in [2.45, 2.75) is 5.92 Å². The Morgan fingerprint density at radius 2 is 1.70 bits per heavy atom. The van der Waals surface area contributed by atoms with E-state index in [0.29, 0.717) is 5.52 Å². The maximum absolute atomic E-state index is 12.5. The lowest BCUT2D eigenvalue weighted by molar-refractivity contribution is 0.0684. The van der Waals surface area contributed by atoms with Crippen LogP contribution in [0, 0.1) is 0 Å². The summed E-state index contributed by atoms with van der Waals surface area (Å²) < 4.78 is 5.48. The third kappa shape index (κ3) is 2.93. The molecule has 0 bridgehead atoms. The van der Waals surface area contributed by atoms with E-state index in [1.807, 2.05) is 36.4 Å². The first kappa shape index (κ1) is 17.8. The SMILES string of the molecule is O=C(Nc1nc(C(=O)O)nc2nc[nH]c12)OCC1c2ccccc2-c2ccccc21. The number of amides is 1. The molecule has 0 saturated heterocycles. The molecule has 2 aromatic heterocycles.